The molecule has 0 heterocycles. The summed E-state index contributed by atoms with van der Waals surface area (Å²) >= 11 is 0. The van der Waals surface area contributed by atoms with Gasteiger partial charge in [0.15, 0.2) is 0 Å². The molecule has 5 atom stereocenters. The number of hydrogen-bond acceptors (Lipinski definition) is 2. The van der Waals surface area contributed by atoms with Crippen molar-refractivity contribution < 1.29 is 9.90 Å². The zero-order valence-corrected chi connectivity index (χ0v) is 19.3. The zero-order valence-electron chi connectivity index (χ0n) is 19.3. The number of aryl methyl sites for hydroxylation is 2. The number of fused-ring (bicyclic) bond motifs is 1. The van der Waals surface area contributed by atoms with E-state index in [1.807, 2.05) is 12.1 Å². The zero-order chi connectivity index (χ0) is 21.2. The van der Waals surface area contributed by atoms with Crippen LogP contribution in [0.2, 0.25) is 0 Å². The molecular formula is C27H42O2. The van der Waals surface area contributed by atoms with Gasteiger partial charge in [-0.15, -0.1) is 0 Å². The van der Waals surface area contributed by atoms with Crippen LogP contribution in [-0.2, 0) is 11.2 Å². The molecule has 0 amide bonds. The molecule has 2 aliphatic carbocycles. The molecule has 162 valence electrons. The Morgan fingerprint density at radius 1 is 1.17 bits per heavy atom. The number of phenols is 1. The summed E-state index contributed by atoms with van der Waals surface area (Å²) < 4.78 is 0. The normalized spacial score (nSPS) is 30.6. The number of hydrogen-bond donors (Lipinski definition) is 1. The van der Waals surface area contributed by atoms with Crippen molar-refractivity contribution in [2.24, 2.45) is 35.0 Å². The second kappa shape index (κ2) is 9.23. The maximum atomic E-state index is 12.9. The summed E-state index contributed by atoms with van der Waals surface area (Å²) in [7, 11) is 0. The number of aromatic hydroxyl groups is 1. The Hall–Kier alpha value is -1.31. The van der Waals surface area contributed by atoms with Crippen molar-refractivity contribution in [3.05, 3.63) is 29.3 Å². The fourth-order valence-electron chi connectivity index (χ4n) is 6.71. The molecule has 0 aliphatic heterocycles. The third-order valence-corrected chi connectivity index (χ3v) is 8.48. The highest BCUT2D eigenvalue weighted by Crippen LogP contribution is 2.60. The van der Waals surface area contributed by atoms with Gasteiger partial charge in [0.2, 0.25) is 0 Å². The molecule has 0 unspecified atom stereocenters. The highest BCUT2D eigenvalue weighted by atomic mass is 16.3. The van der Waals surface area contributed by atoms with Crippen molar-refractivity contribution in [3.8, 4) is 5.75 Å². The summed E-state index contributed by atoms with van der Waals surface area (Å²) in [6.45, 7) is 11.7. The summed E-state index contributed by atoms with van der Waals surface area (Å²) in [5.41, 5.74) is 2.75. The average Bonchev–Trinajstić information content (AvgIpc) is 3.01. The van der Waals surface area contributed by atoms with E-state index in [0.717, 1.165) is 43.4 Å². The van der Waals surface area contributed by atoms with Gasteiger partial charge in [0.25, 0.3) is 0 Å². The number of Topliss-reactive ketones (excluding diaryl/α,β-unsaturated/α-hetero) is 1. The quantitative estimate of drug-likeness (QED) is 0.507. The molecule has 0 radical (unpaired) electrons. The summed E-state index contributed by atoms with van der Waals surface area (Å²) in [5, 5.41) is 9.85. The maximum Gasteiger partial charge on any atom is 0.136 e. The lowest BCUT2D eigenvalue weighted by Crippen LogP contribution is -2.43. The highest BCUT2D eigenvalue weighted by Gasteiger charge is 2.54. The van der Waals surface area contributed by atoms with Gasteiger partial charge in [0, 0.05) is 12.3 Å². The van der Waals surface area contributed by atoms with Gasteiger partial charge in [0.1, 0.15) is 11.5 Å². The van der Waals surface area contributed by atoms with Crippen LogP contribution in [0.15, 0.2) is 18.2 Å². The van der Waals surface area contributed by atoms with Crippen LogP contribution >= 0.6 is 0 Å². The fraction of sp³-hybridized carbons (Fsp3) is 0.741. The number of carbonyl (C=O) groups is 1. The molecule has 2 aliphatic rings. The van der Waals surface area contributed by atoms with Crippen LogP contribution in [0.1, 0.15) is 90.2 Å². The van der Waals surface area contributed by atoms with Crippen molar-refractivity contribution in [1.29, 1.82) is 0 Å². The Kier molecular flexibility index (Phi) is 7.12. The Morgan fingerprint density at radius 2 is 1.93 bits per heavy atom. The van der Waals surface area contributed by atoms with Gasteiger partial charge in [-0.3, -0.25) is 4.79 Å². The summed E-state index contributed by atoms with van der Waals surface area (Å²) in [5.74, 6) is 3.94. The van der Waals surface area contributed by atoms with Crippen molar-refractivity contribution in [3.63, 3.8) is 0 Å². The molecule has 1 aromatic carbocycles. The smallest absolute Gasteiger partial charge is 0.136 e. The van der Waals surface area contributed by atoms with E-state index >= 15 is 0 Å². The second-order valence-corrected chi connectivity index (χ2v) is 10.8. The largest absolute Gasteiger partial charge is 0.508 e. The molecule has 3 rings (SSSR count). The maximum absolute atomic E-state index is 12.9. The van der Waals surface area contributed by atoms with Crippen LogP contribution in [0.4, 0.5) is 0 Å². The predicted octanol–water partition coefficient (Wildman–Crippen LogP) is 7.11. The Bertz CT molecular complexity index is 706. The molecule has 2 heteroatoms. The molecule has 1 N–H and O–H groups in total. The van der Waals surface area contributed by atoms with E-state index in [-0.39, 0.29) is 5.92 Å². The molecule has 1 aromatic rings. The Labute approximate surface area is 178 Å². The van der Waals surface area contributed by atoms with E-state index in [1.54, 1.807) is 6.07 Å². The Balaban J connectivity index is 1.67. The van der Waals surface area contributed by atoms with E-state index in [2.05, 4.69) is 34.6 Å². The first kappa shape index (κ1) is 22.4. The third kappa shape index (κ3) is 4.89. The first-order valence-electron chi connectivity index (χ1n) is 12.0. The molecule has 0 aromatic heterocycles. The van der Waals surface area contributed by atoms with Crippen LogP contribution < -0.4 is 0 Å². The number of phenolic OH excluding ortho intramolecular Hbond substituents is 1. The van der Waals surface area contributed by atoms with Crippen LogP contribution in [0, 0.1) is 41.9 Å². The van der Waals surface area contributed by atoms with Crippen LogP contribution in [0.25, 0.3) is 0 Å². The van der Waals surface area contributed by atoms with Crippen LogP contribution in [0.5, 0.6) is 5.75 Å². The van der Waals surface area contributed by atoms with Crippen LogP contribution in [0.3, 0.4) is 0 Å². The molecule has 29 heavy (non-hydrogen) atoms. The van der Waals surface area contributed by atoms with Gasteiger partial charge in [-0.1, -0.05) is 53.0 Å². The van der Waals surface area contributed by atoms with Crippen molar-refractivity contribution in [1.82, 2.24) is 0 Å². The van der Waals surface area contributed by atoms with E-state index in [0.29, 0.717) is 22.9 Å². The predicted molar refractivity (Wildman–Crippen MR) is 121 cm³/mol. The van der Waals surface area contributed by atoms with E-state index in [9.17, 15) is 9.90 Å². The van der Waals surface area contributed by atoms with E-state index in [4.69, 9.17) is 0 Å². The summed E-state index contributed by atoms with van der Waals surface area (Å²) in [6.07, 6.45) is 10.3. The second-order valence-electron chi connectivity index (χ2n) is 10.8. The number of rotatable bonds is 8. The standard InChI is InChI=1S/C27H42O2/c1-18(2)7-6-8-20(4)24-13-14-25-23(26(29)15-16-27(24,25)5)12-10-21-17-22(28)11-9-19(21)3/h9,11,17-18,20,23-25,28H,6-8,10,12-16H2,1-5H3/t20-,23-,24+,25-,27+/m0/s1. The monoisotopic (exact) mass is 398 g/mol. The van der Waals surface area contributed by atoms with Crippen molar-refractivity contribution >= 4 is 5.78 Å². The van der Waals surface area contributed by atoms with Crippen LogP contribution in [-0.4, -0.2) is 10.9 Å². The lowest BCUT2D eigenvalue weighted by Gasteiger charge is -2.46. The summed E-state index contributed by atoms with van der Waals surface area (Å²) in [6, 6.07) is 5.63. The number of benzene rings is 1. The molecule has 2 nitrogen and oxygen atoms in total. The van der Waals surface area contributed by atoms with Gasteiger partial charge < -0.3 is 5.11 Å². The molecule has 0 bridgehead atoms. The van der Waals surface area contributed by atoms with Crippen molar-refractivity contribution in [2.45, 2.75) is 92.4 Å². The Morgan fingerprint density at radius 3 is 2.66 bits per heavy atom. The lowest BCUT2D eigenvalue weighted by molar-refractivity contribution is -0.132. The van der Waals surface area contributed by atoms with Gasteiger partial charge in [-0.25, -0.2) is 0 Å². The van der Waals surface area contributed by atoms with Gasteiger partial charge >= 0.3 is 0 Å². The van der Waals surface area contributed by atoms with Gasteiger partial charge in [-0.2, -0.15) is 0 Å². The minimum atomic E-state index is 0.211. The van der Waals surface area contributed by atoms with E-state index < -0.39 is 0 Å². The fourth-order valence-corrected chi connectivity index (χ4v) is 6.71. The summed E-state index contributed by atoms with van der Waals surface area (Å²) in [4.78, 5) is 12.9. The lowest BCUT2D eigenvalue weighted by atomic mass is 9.58. The molecule has 2 fully saturated rings. The molecule has 0 spiro atoms. The molecule has 0 saturated heterocycles. The molecular weight excluding hydrogens is 356 g/mol. The highest BCUT2D eigenvalue weighted by molar-refractivity contribution is 5.82. The van der Waals surface area contributed by atoms with Crippen molar-refractivity contribution in [2.75, 3.05) is 0 Å². The third-order valence-electron chi connectivity index (χ3n) is 8.48. The first-order chi connectivity index (χ1) is 13.7. The SMILES string of the molecule is Cc1ccc(O)cc1CC[C@@H]1C(=O)CC[C@]2(C)[C@@H]([C@@H](C)CCCC(C)C)CC[C@@H]12. The first-order valence-corrected chi connectivity index (χ1v) is 12.0. The van der Waals surface area contributed by atoms with Gasteiger partial charge in [0.05, 0.1) is 0 Å². The number of carbonyl (C=O) groups excluding carboxylic acids is 1. The van der Waals surface area contributed by atoms with Gasteiger partial charge in [-0.05, 0) is 91.4 Å². The topological polar surface area (TPSA) is 37.3 Å². The number of ketones is 1. The minimum Gasteiger partial charge on any atom is -0.508 e. The average molecular weight is 399 g/mol. The molecule has 2 saturated carbocycles. The minimum absolute atomic E-state index is 0.211. The van der Waals surface area contributed by atoms with E-state index in [1.165, 1.54) is 43.2 Å².